The van der Waals surface area contributed by atoms with Gasteiger partial charge in [-0.1, -0.05) is 60.7 Å². The van der Waals surface area contributed by atoms with Crippen molar-refractivity contribution in [2.24, 2.45) is 0 Å². The van der Waals surface area contributed by atoms with Gasteiger partial charge in [-0.05, 0) is 35.8 Å². The molecule has 30 heavy (non-hydrogen) atoms. The highest BCUT2D eigenvalue weighted by Gasteiger charge is 2.15. The van der Waals surface area contributed by atoms with Crippen molar-refractivity contribution in [3.63, 3.8) is 0 Å². The van der Waals surface area contributed by atoms with Crippen LogP contribution < -0.4 is 15.4 Å². The maximum absolute atomic E-state index is 10.9. The summed E-state index contributed by atoms with van der Waals surface area (Å²) in [5.74, 6) is 0.608. The predicted molar refractivity (Wildman–Crippen MR) is 123 cm³/mol. The summed E-state index contributed by atoms with van der Waals surface area (Å²) in [6.45, 7) is 0.662. The fourth-order valence-corrected chi connectivity index (χ4v) is 3.50. The topological polar surface area (TPSA) is 76.4 Å². The fourth-order valence-electron chi connectivity index (χ4n) is 3.29. The van der Waals surface area contributed by atoms with Crippen molar-refractivity contribution in [3.05, 3.63) is 100 Å². The Hall–Kier alpha value is -3.45. The Morgan fingerprint density at radius 1 is 1.03 bits per heavy atom. The van der Waals surface area contributed by atoms with Crippen LogP contribution in [0.3, 0.4) is 0 Å². The van der Waals surface area contributed by atoms with Gasteiger partial charge in [-0.2, -0.15) is 0 Å². The molecule has 0 unspecified atom stereocenters. The molecule has 7 heteroatoms. The minimum absolute atomic E-state index is 0.0372. The van der Waals surface area contributed by atoms with Gasteiger partial charge in [-0.3, -0.25) is 10.1 Å². The molecule has 0 aromatic heterocycles. The van der Waals surface area contributed by atoms with Gasteiger partial charge in [0.05, 0.1) is 23.8 Å². The lowest BCUT2D eigenvalue weighted by Gasteiger charge is -2.19. The van der Waals surface area contributed by atoms with Crippen LogP contribution in [0.4, 0.5) is 11.4 Å². The average Bonchev–Trinajstić information content (AvgIpc) is 2.78. The van der Waals surface area contributed by atoms with Gasteiger partial charge in [-0.15, -0.1) is 0 Å². The summed E-state index contributed by atoms with van der Waals surface area (Å²) >= 11 is 5.40. The minimum atomic E-state index is -0.462. The Bertz CT molecular complexity index is 958. The molecule has 6 nitrogen and oxygen atoms in total. The highest BCUT2D eigenvalue weighted by Crippen LogP contribution is 2.29. The van der Waals surface area contributed by atoms with Gasteiger partial charge in [-0.25, -0.2) is 0 Å². The molecule has 2 N–H and O–H groups in total. The summed E-state index contributed by atoms with van der Waals surface area (Å²) in [4.78, 5) is 10.5. The summed E-state index contributed by atoms with van der Waals surface area (Å²) in [5, 5.41) is 17.6. The molecule has 3 aromatic carbocycles. The van der Waals surface area contributed by atoms with Crippen LogP contribution in [0.5, 0.6) is 5.75 Å². The third-order valence-corrected chi connectivity index (χ3v) is 5.01. The van der Waals surface area contributed by atoms with E-state index in [0.717, 1.165) is 6.42 Å². The molecule has 0 saturated heterocycles. The number of nitrogens with zero attached hydrogens (tertiary/aromatic N) is 1. The smallest absolute Gasteiger partial charge is 0.273 e. The van der Waals surface area contributed by atoms with Crippen molar-refractivity contribution in [1.29, 1.82) is 0 Å². The van der Waals surface area contributed by atoms with Gasteiger partial charge < -0.3 is 15.4 Å². The Morgan fingerprint density at radius 2 is 1.63 bits per heavy atom. The van der Waals surface area contributed by atoms with Crippen molar-refractivity contribution in [2.75, 3.05) is 19.0 Å². The van der Waals surface area contributed by atoms with E-state index >= 15 is 0 Å². The quantitative estimate of drug-likeness (QED) is 0.299. The van der Waals surface area contributed by atoms with E-state index in [1.165, 1.54) is 30.4 Å². The van der Waals surface area contributed by atoms with E-state index in [1.807, 2.05) is 36.4 Å². The molecule has 3 aromatic rings. The second-order valence-electron chi connectivity index (χ2n) is 6.69. The van der Waals surface area contributed by atoms with Gasteiger partial charge in [0.25, 0.3) is 5.69 Å². The van der Waals surface area contributed by atoms with E-state index in [0.29, 0.717) is 23.1 Å². The number of nitrogens with one attached hydrogen (secondary N) is 2. The summed E-state index contributed by atoms with van der Waals surface area (Å²) in [6, 6.07) is 25.1. The number of benzene rings is 3. The second-order valence-corrected chi connectivity index (χ2v) is 7.09. The Labute approximate surface area is 181 Å². The lowest BCUT2D eigenvalue weighted by molar-refractivity contribution is -0.384. The predicted octanol–water partition coefficient (Wildman–Crippen LogP) is 5.11. The number of methoxy groups -OCH3 is 1. The normalized spacial score (nSPS) is 10.5. The van der Waals surface area contributed by atoms with Crippen molar-refractivity contribution >= 4 is 28.7 Å². The van der Waals surface area contributed by atoms with Crippen LogP contribution in [0, 0.1) is 10.1 Å². The average molecular weight is 422 g/mol. The fraction of sp³-hybridized carbons (Fsp3) is 0.174. The molecule has 0 fully saturated rings. The summed E-state index contributed by atoms with van der Waals surface area (Å²) in [7, 11) is 1.46. The van der Waals surface area contributed by atoms with Crippen LogP contribution in [-0.4, -0.2) is 23.7 Å². The first-order valence-electron chi connectivity index (χ1n) is 9.55. The largest absolute Gasteiger partial charge is 0.494 e. The molecular formula is C23H23N3O3S. The van der Waals surface area contributed by atoms with E-state index in [9.17, 15) is 10.1 Å². The maximum atomic E-state index is 10.9. The zero-order valence-corrected chi connectivity index (χ0v) is 17.4. The number of rotatable bonds is 8. The Kier molecular flexibility index (Phi) is 7.34. The van der Waals surface area contributed by atoms with Crippen molar-refractivity contribution in [3.8, 4) is 5.75 Å². The highest BCUT2D eigenvalue weighted by molar-refractivity contribution is 7.80. The zero-order valence-electron chi connectivity index (χ0n) is 16.6. The molecule has 3 rings (SSSR count). The number of nitro benzene ring substituents is 1. The first-order chi connectivity index (χ1) is 14.6. The van der Waals surface area contributed by atoms with Gasteiger partial charge >= 0.3 is 0 Å². The van der Waals surface area contributed by atoms with Crippen LogP contribution in [0.2, 0.25) is 0 Å². The molecule has 0 amide bonds. The lowest BCUT2D eigenvalue weighted by Crippen LogP contribution is -2.30. The molecule has 0 bridgehead atoms. The standard InChI is InChI=1S/C23H23N3O3S/c1-29-22-16-19(26(27)28)12-13-21(22)25-23(30)24-15-14-20(17-8-4-2-5-9-17)18-10-6-3-7-11-18/h2-13,16,20H,14-15H2,1H3,(H2,24,25,30). The number of nitro groups is 1. The van der Waals surface area contributed by atoms with Crippen LogP contribution in [0.25, 0.3) is 0 Å². The molecule has 0 aliphatic heterocycles. The number of hydrogen-bond donors (Lipinski definition) is 2. The summed E-state index contributed by atoms with van der Waals surface area (Å²) < 4.78 is 5.24. The van der Waals surface area contributed by atoms with Crippen LogP contribution in [-0.2, 0) is 0 Å². The van der Waals surface area contributed by atoms with Crippen molar-refractivity contribution in [1.82, 2.24) is 5.32 Å². The van der Waals surface area contributed by atoms with Gasteiger partial charge in [0.15, 0.2) is 5.11 Å². The minimum Gasteiger partial charge on any atom is -0.494 e. The molecular weight excluding hydrogens is 398 g/mol. The molecule has 0 atom stereocenters. The monoisotopic (exact) mass is 421 g/mol. The molecule has 154 valence electrons. The number of anilines is 1. The Morgan fingerprint density at radius 3 is 2.17 bits per heavy atom. The van der Waals surface area contributed by atoms with Crippen molar-refractivity contribution in [2.45, 2.75) is 12.3 Å². The van der Waals surface area contributed by atoms with Crippen LogP contribution >= 0.6 is 12.2 Å². The first kappa shape index (κ1) is 21.3. The molecule has 0 radical (unpaired) electrons. The van der Waals surface area contributed by atoms with Crippen molar-refractivity contribution < 1.29 is 9.66 Å². The SMILES string of the molecule is COc1cc([N+](=O)[O-])ccc1NC(=S)NCCC(c1ccccc1)c1ccccc1. The highest BCUT2D eigenvalue weighted by atomic mass is 32.1. The first-order valence-corrected chi connectivity index (χ1v) is 9.96. The van der Waals surface area contributed by atoms with E-state index in [2.05, 4.69) is 34.9 Å². The third-order valence-electron chi connectivity index (χ3n) is 4.77. The number of hydrogen-bond acceptors (Lipinski definition) is 4. The molecule has 0 aliphatic carbocycles. The molecule has 0 spiro atoms. The van der Waals surface area contributed by atoms with Gasteiger partial charge in [0.2, 0.25) is 0 Å². The maximum Gasteiger partial charge on any atom is 0.273 e. The molecule has 0 heterocycles. The van der Waals surface area contributed by atoms with E-state index in [1.54, 1.807) is 6.07 Å². The van der Waals surface area contributed by atoms with Gasteiger partial charge in [0, 0.05) is 18.5 Å². The molecule has 0 aliphatic rings. The van der Waals surface area contributed by atoms with E-state index in [4.69, 9.17) is 17.0 Å². The van der Waals surface area contributed by atoms with E-state index < -0.39 is 4.92 Å². The zero-order chi connectivity index (χ0) is 21.3. The third kappa shape index (κ3) is 5.55. The number of ether oxygens (including phenoxy) is 1. The number of thiocarbonyl (C=S) groups is 1. The lowest BCUT2D eigenvalue weighted by atomic mass is 9.88. The number of non-ortho nitro benzene ring substituents is 1. The van der Waals surface area contributed by atoms with Crippen LogP contribution in [0.1, 0.15) is 23.5 Å². The van der Waals surface area contributed by atoms with Crippen LogP contribution in [0.15, 0.2) is 78.9 Å². The molecule has 0 saturated carbocycles. The summed E-state index contributed by atoms with van der Waals surface area (Å²) in [5.41, 5.74) is 3.04. The second kappa shape index (κ2) is 10.4. The summed E-state index contributed by atoms with van der Waals surface area (Å²) in [6.07, 6.45) is 0.854. The Balaban J connectivity index is 1.63. The van der Waals surface area contributed by atoms with Gasteiger partial charge in [0.1, 0.15) is 5.75 Å². The van der Waals surface area contributed by atoms with E-state index in [-0.39, 0.29) is 11.6 Å².